The normalized spacial score (nSPS) is 16.1. The molecule has 1 N–H and O–H groups in total. The molecule has 0 spiro atoms. The lowest BCUT2D eigenvalue weighted by Crippen LogP contribution is -2.32. The van der Waals surface area contributed by atoms with E-state index in [-0.39, 0.29) is 11.9 Å². The summed E-state index contributed by atoms with van der Waals surface area (Å²) >= 11 is 5.60. The molecule has 1 aliphatic carbocycles. The number of amides is 1. The highest BCUT2D eigenvalue weighted by atomic mass is 32.1. The monoisotopic (exact) mass is 225 g/mol. The lowest BCUT2D eigenvalue weighted by Gasteiger charge is -2.10. The van der Waals surface area contributed by atoms with E-state index in [0.717, 1.165) is 22.6 Å². The van der Waals surface area contributed by atoms with Crippen molar-refractivity contribution in [2.45, 2.75) is 23.8 Å². The molecular weight excluding hydrogens is 214 g/mol. The van der Waals surface area contributed by atoms with Crippen molar-refractivity contribution in [2.24, 2.45) is 0 Å². The molecule has 1 aromatic rings. The molecule has 0 fully saturated rings. The largest absolute Gasteiger partial charge is 0.348 e. The first-order chi connectivity index (χ1) is 6.75. The SMILES string of the molecule is O=C(NC1CC=CC1)c1cc(S)cs1. The number of hydrogen-bond donors (Lipinski definition) is 2. The van der Waals surface area contributed by atoms with E-state index in [1.807, 2.05) is 5.38 Å². The molecular formula is C10H11NOS2. The van der Waals surface area contributed by atoms with Gasteiger partial charge in [-0.1, -0.05) is 12.2 Å². The zero-order valence-electron chi connectivity index (χ0n) is 7.56. The van der Waals surface area contributed by atoms with Gasteiger partial charge in [-0.05, 0) is 18.9 Å². The maximum absolute atomic E-state index is 11.7. The van der Waals surface area contributed by atoms with Crippen LogP contribution >= 0.6 is 24.0 Å². The van der Waals surface area contributed by atoms with Crippen LogP contribution in [0, 0.1) is 0 Å². The highest BCUT2D eigenvalue weighted by Crippen LogP contribution is 2.18. The van der Waals surface area contributed by atoms with E-state index in [4.69, 9.17) is 0 Å². The van der Waals surface area contributed by atoms with Crippen LogP contribution in [0.3, 0.4) is 0 Å². The van der Waals surface area contributed by atoms with Crippen LogP contribution in [0.15, 0.2) is 28.5 Å². The van der Waals surface area contributed by atoms with Gasteiger partial charge in [0.15, 0.2) is 0 Å². The molecule has 0 aromatic carbocycles. The third-order valence-corrected chi connectivity index (χ3v) is 3.51. The number of thiol groups is 1. The second kappa shape index (κ2) is 4.19. The van der Waals surface area contributed by atoms with E-state index in [9.17, 15) is 4.79 Å². The predicted molar refractivity (Wildman–Crippen MR) is 61.2 cm³/mol. The fourth-order valence-corrected chi connectivity index (χ4v) is 2.49. The predicted octanol–water partition coefficient (Wildman–Crippen LogP) is 2.49. The highest BCUT2D eigenvalue weighted by Gasteiger charge is 2.15. The maximum Gasteiger partial charge on any atom is 0.261 e. The van der Waals surface area contributed by atoms with Crippen molar-refractivity contribution < 1.29 is 4.79 Å². The second-order valence-electron chi connectivity index (χ2n) is 3.28. The van der Waals surface area contributed by atoms with Crippen LogP contribution in [0.5, 0.6) is 0 Å². The van der Waals surface area contributed by atoms with Crippen molar-refractivity contribution in [3.8, 4) is 0 Å². The van der Waals surface area contributed by atoms with Crippen molar-refractivity contribution in [3.05, 3.63) is 28.5 Å². The van der Waals surface area contributed by atoms with Crippen LogP contribution in [0.4, 0.5) is 0 Å². The van der Waals surface area contributed by atoms with Crippen LogP contribution in [0.2, 0.25) is 0 Å². The molecule has 2 nitrogen and oxygen atoms in total. The van der Waals surface area contributed by atoms with Gasteiger partial charge in [0, 0.05) is 16.3 Å². The summed E-state index contributed by atoms with van der Waals surface area (Å²) in [5.41, 5.74) is 0. The van der Waals surface area contributed by atoms with E-state index in [2.05, 4.69) is 30.1 Å². The molecule has 0 saturated heterocycles. The summed E-state index contributed by atoms with van der Waals surface area (Å²) in [5.74, 6) is 0.0176. The van der Waals surface area contributed by atoms with Gasteiger partial charge < -0.3 is 5.32 Å². The maximum atomic E-state index is 11.7. The third kappa shape index (κ3) is 2.19. The number of nitrogens with one attached hydrogen (secondary N) is 1. The topological polar surface area (TPSA) is 29.1 Å². The van der Waals surface area contributed by atoms with Gasteiger partial charge in [0.25, 0.3) is 5.91 Å². The number of carbonyl (C=O) groups is 1. The molecule has 0 aliphatic heterocycles. The number of carbonyl (C=O) groups excluding carboxylic acids is 1. The second-order valence-corrected chi connectivity index (χ2v) is 4.71. The Morgan fingerprint density at radius 3 is 2.79 bits per heavy atom. The van der Waals surface area contributed by atoms with Gasteiger partial charge in [0.2, 0.25) is 0 Å². The molecule has 0 bridgehead atoms. The van der Waals surface area contributed by atoms with Crippen LogP contribution in [0.25, 0.3) is 0 Å². The Morgan fingerprint density at radius 2 is 2.21 bits per heavy atom. The minimum Gasteiger partial charge on any atom is -0.348 e. The smallest absolute Gasteiger partial charge is 0.261 e. The molecule has 0 radical (unpaired) electrons. The zero-order valence-corrected chi connectivity index (χ0v) is 9.28. The summed E-state index contributed by atoms with van der Waals surface area (Å²) in [5, 5.41) is 4.85. The Morgan fingerprint density at radius 1 is 1.50 bits per heavy atom. The summed E-state index contributed by atoms with van der Waals surface area (Å²) in [6.45, 7) is 0. The van der Waals surface area contributed by atoms with Crippen LogP contribution in [-0.2, 0) is 0 Å². The molecule has 74 valence electrons. The quantitative estimate of drug-likeness (QED) is 0.587. The van der Waals surface area contributed by atoms with E-state index in [1.165, 1.54) is 11.3 Å². The summed E-state index contributed by atoms with van der Waals surface area (Å²) in [6, 6.07) is 2.08. The first-order valence-corrected chi connectivity index (χ1v) is 5.82. The van der Waals surface area contributed by atoms with Crippen molar-refractivity contribution in [1.82, 2.24) is 5.32 Å². The van der Waals surface area contributed by atoms with Crippen molar-refractivity contribution in [3.63, 3.8) is 0 Å². The van der Waals surface area contributed by atoms with E-state index in [1.54, 1.807) is 6.07 Å². The Balaban J connectivity index is 1.95. The van der Waals surface area contributed by atoms with Gasteiger partial charge in [0.1, 0.15) is 0 Å². The molecule has 0 atom stereocenters. The Hall–Kier alpha value is -0.740. The van der Waals surface area contributed by atoms with Crippen LogP contribution in [-0.4, -0.2) is 11.9 Å². The number of thiophene rings is 1. The molecule has 2 rings (SSSR count). The number of hydrogen-bond acceptors (Lipinski definition) is 3. The summed E-state index contributed by atoms with van der Waals surface area (Å²) < 4.78 is 0. The zero-order chi connectivity index (χ0) is 9.97. The Bertz CT molecular complexity index is 362. The fourth-order valence-electron chi connectivity index (χ4n) is 1.44. The average molecular weight is 225 g/mol. The number of rotatable bonds is 2. The van der Waals surface area contributed by atoms with Crippen molar-refractivity contribution >= 4 is 29.9 Å². The molecule has 0 unspecified atom stereocenters. The van der Waals surface area contributed by atoms with Gasteiger partial charge in [-0.3, -0.25) is 4.79 Å². The standard InChI is InChI=1S/C10H11NOS2/c12-10(9-5-8(13)6-14-9)11-7-3-1-2-4-7/h1-2,5-7,13H,3-4H2,(H,11,12). The Labute approximate surface area is 92.4 Å². The summed E-state index contributed by atoms with van der Waals surface area (Å²) in [6.07, 6.45) is 6.10. The van der Waals surface area contributed by atoms with E-state index >= 15 is 0 Å². The minimum absolute atomic E-state index is 0.0176. The molecule has 1 aromatic heterocycles. The fraction of sp³-hybridized carbons (Fsp3) is 0.300. The van der Waals surface area contributed by atoms with Crippen LogP contribution in [0.1, 0.15) is 22.5 Å². The molecule has 1 amide bonds. The van der Waals surface area contributed by atoms with Gasteiger partial charge in [-0.2, -0.15) is 0 Å². The summed E-state index contributed by atoms with van der Waals surface area (Å²) in [4.78, 5) is 13.2. The average Bonchev–Trinajstić information content (AvgIpc) is 2.75. The highest BCUT2D eigenvalue weighted by molar-refractivity contribution is 7.80. The van der Waals surface area contributed by atoms with Crippen LogP contribution < -0.4 is 5.32 Å². The van der Waals surface area contributed by atoms with Gasteiger partial charge in [0.05, 0.1) is 4.88 Å². The lowest BCUT2D eigenvalue weighted by atomic mass is 10.2. The molecule has 1 aliphatic rings. The molecule has 14 heavy (non-hydrogen) atoms. The third-order valence-electron chi connectivity index (χ3n) is 2.15. The Kier molecular flexibility index (Phi) is 2.93. The van der Waals surface area contributed by atoms with E-state index in [0.29, 0.717) is 0 Å². The van der Waals surface area contributed by atoms with Crippen molar-refractivity contribution in [1.29, 1.82) is 0 Å². The molecule has 4 heteroatoms. The van der Waals surface area contributed by atoms with Gasteiger partial charge >= 0.3 is 0 Å². The minimum atomic E-state index is 0.0176. The van der Waals surface area contributed by atoms with Gasteiger partial charge in [-0.15, -0.1) is 24.0 Å². The first-order valence-electron chi connectivity index (χ1n) is 4.49. The lowest BCUT2D eigenvalue weighted by molar-refractivity contribution is 0.0943. The molecule has 0 saturated carbocycles. The first kappa shape index (κ1) is 9.80. The van der Waals surface area contributed by atoms with Gasteiger partial charge in [-0.25, -0.2) is 0 Å². The summed E-state index contributed by atoms with van der Waals surface area (Å²) in [7, 11) is 0. The van der Waals surface area contributed by atoms with E-state index < -0.39 is 0 Å². The van der Waals surface area contributed by atoms with Crippen molar-refractivity contribution in [2.75, 3.05) is 0 Å². The molecule has 1 heterocycles.